The van der Waals surface area contributed by atoms with Gasteiger partial charge in [-0.05, 0) is 43.0 Å². The lowest BCUT2D eigenvalue weighted by molar-refractivity contribution is 0.135. The number of methoxy groups -OCH3 is 1. The van der Waals surface area contributed by atoms with E-state index in [1.807, 2.05) is 13.0 Å². The Labute approximate surface area is 123 Å². The first-order valence-corrected chi connectivity index (χ1v) is 7.38. The van der Waals surface area contributed by atoms with Gasteiger partial charge in [-0.25, -0.2) is 0 Å². The van der Waals surface area contributed by atoms with Gasteiger partial charge in [-0.3, -0.25) is 4.90 Å². The van der Waals surface area contributed by atoms with Crippen LogP contribution in [0.3, 0.4) is 0 Å². The maximum absolute atomic E-state index is 9.96. The molecule has 0 saturated heterocycles. The van der Waals surface area contributed by atoms with E-state index < -0.39 is 0 Å². The van der Waals surface area contributed by atoms with Gasteiger partial charge in [0.1, 0.15) is 11.5 Å². The molecule has 0 aliphatic carbocycles. The van der Waals surface area contributed by atoms with Crippen molar-refractivity contribution in [2.75, 3.05) is 13.7 Å². The SMILES string of the molecule is COc1c(O)ccc2c1CN1CCc3cc(C)oc3[C@@H]1C2. The van der Waals surface area contributed by atoms with Gasteiger partial charge in [0.05, 0.1) is 13.2 Å². The summed E-state index contributed by atoms with van der Waals surface area (Å²) in [6.07, 6.45) is 1.94. The topological polar surface area (TPSA) is 45.8 Å². The van der Waals surface area contributed by atoms with Crippen molar-refractivity contribution >= 4 is 0 Å². The normalized spacial score (nSPS) is 20.6. The van der Waals surface area contributed by atoms with Crippen LogP contribution >= 0.6 is 0 Å². The van der Waals surface area contributed by atoms with E-state index in [1.165, 1.54) is 11.1 Å². The number of benzene rings is 1. The zero-order chi connectivity index (χ0) is 14.6. The van der Waals surface area contributed by atoms with Crippen molar-refractivity contribution in [1.82, 2.24) is 4.90 Å². The van der Waals surface area contributed by atoms with Crippen LogP contribution in [0.25, 0.3) is 0 Å². The zero-order valence-corrected chi connectivity index (χ0v) is 12.3. The molecule has 0 unspecified atom stereocenters. The van der Waals surface area contributed by atoms with E-state index in [4.69, 9.17) is 9.15 Å². The number of hydrogen-bond donors (Lipinski definition) is 1. The Morgan fingerprint density at radius 1 is 1.33 bits per heavy atom. The predicted molar refractivity (Wildman–Crippen MR) is 78.7 cm³/mol. The summed E-state index contributed by atoms with van der Waals surface area (Å²) in [5, 5.41) is 9.96. The van der Waals surface area contributed by atoms with Crippen LogP contribution in [-0.2, 0) is 19.4 Å². The van der Waals surface area contributed by atoms with Crippen molar-refractivity contribution in [1.29, 1.82) is 0 Å². The number of rotatable bonds is 1. The summed E-state index contributed by atoms with van der Waals surface area (Å²) in [4.78, 5) is 2.43. The largest absolute Gasteiger partial charge is 0.504 e. The number of fused-ring (bicyclic) bond motifs is 4. The summed E-state index contributed by atoms with van der Waals surface area (Å²) in [7, 11) is 1.62. The Morgan fingerprint density at radius 2 is 2.19 bits per heavy atom. The minimum atomic E-state index is 0.223. The number of phenolic OH excluding ortho intramolecular Hbond substituents is 1. The third-order valence-electron chi connectivity index (χ3n) is 4.69. The van der Waals surface area contributed by atoms with E-state index in [1.54, 1.807) is 13.2 Å². The van der Waals surface area contributed by atoms with Crippen LogP contribution < -0.4 is 4.74 Å². The van der Waals surface area contributed by atoms with Crippen LogP contribution in [0.4, 0.5) is 0 Å². The van der Waals surface area contributed by atoms with Gasteiger partial charge in [-0.1, -0.05) is 6.07 Å². The molecule has 4 nitrogen and oxygen atoms in total. The Kier molecular flexibility index (Phi) is 2.76. The lowest BCUT2D eigenvalue weighted by atomic mass is 9.87. The van der Waals surface area contributed by atoms with Crippen LogP contribution in [0.15, 0.2) is 22.6 Å². The van der Waals surface area contributed by atoms with E-state index in [0.29, 0.717) is 11.8 Å². The van der Waals surface area contributed by atoms with Gasteiger partial charge >= 0.3 is 0 Å². The standard InChI is InChI=1S/C17H19NO3/c1-10-7-12-5-6-18-9-13-11(8-14(18)16(12)21-10)3-4-15(19)17(13)20-2/h3-4,7,14,19H,5-6,8-9H2,1-2H3/t14-/m0/s1. The molecule has 3 heterocycles. The maximum atomic E-state index is 9.96. The average molecular weight is 285 g/mol. The molecule has 0 amide bonds. The highest BCUT2D eigenvalue weighted by atomic mass is 16.5. The Morgan fingerprint density at radius 3 is 3.00 bits per heavy atom. The zero-order valence-electron chi connectivity index (χ0n) is 12.3. The molecule has 2 aromatic rings. The second-order valence-corrected chi connectivity index (χ2v) is 5.94. The molecule has 1 N–H and O–H groups in total. The first kappa shape index (κ1) is 12.8. The van der Waals surface area contributed by atoms with Crippen molar-refractivity contribution in [3.8, 4) is 11.5 Å². The molecule has 0 spiro atoms. The predicted octanol–water partition coefficient (Wildman–Crippen LogP) is 2.96. The molecule has 0 saturated carbocycles. The van der Waals surface area contributed by atoms with E-state index in [0.717, 1.165) is 43.0 Å². The van der Waals surface area contributed by atoms with Crippen molar-refractivity contribution in [2.24, 2.45) is 0 Å². The molecule has 2 aliphatic heterocycles. The van der Waals surface area contributed by atoms with Gasteiger partial charge < -0.3 is 14.3 Å². The van der Waals surface area contributed by atoms with Gasteiger partial charge in [-0.15, -0.1) is 0 Å². The molecule has 4 rings (SSSR count). The Bertz CT molecular complexity index is 704. The summed E-state index contributed by atoms with van der Waals surface area (Å²) >= 11 is 0. The van der Waals surface area contributed by atoms with Crippen LogP contribution in [0.1, 0.15) is 34.3 Å². The van der Waals surface area contributed by atoms with Gasteiger partial charge in [0.2, 0.25) is 0 Å². The summed E-state index contributed by atoms with van der Waals surface area (Å²) in [5.74, 6) is 2.96. The number of aromatic hydroxyl groups is 1. The van der Waals surface area contributed by atoms with Crippen molar-refractivity contribution in [3.63, 3.8) is 0 Å². The molecule has 0 radical (unpaired) electrons. The first-order chi connectivity index (χ1) is 10.2. The Hall–Kier alpha value is -1.94. The highest BCUT2D eigenvalue weighted by Gasteiger charge is 2.36. The summed E-state index contributed by atoms with van der Waals surface area (Å²) < 4.78 is 11.3. The molecule has 0 fully saturated rings. The quantitative estimate of drug-likeness (QED) is 0.875. The molecule has 1 atom stereocenters. The highest BCUT2D eigenvalue weighted by molar-refractivity contribution is 5.51. The highest BCUT2D eigenvalue weighted by Crippen LogP contribution is 2.43. The number of aryl methyl sites for hydroxylation is 1. The third kappa shape index (κ3) is 1.86. The van der Waals surface area contributed by atoms with Gasteiger partial charge in [0.25, 0.3) is 0 Å². The lowest BCUT2D eigenvalue weighted by Gasteiger charge is -2.39. The van der Waals surface area contributed by atoms with Crippen LogP contribution in [0.5, 0.6) is 11.5 Å². The molecule has 110 valence electrons. The van der Waals surface area contributed by atoms with E-state index in [2.05, 4.69) is 11.0 Å². The number of nitrogens with zero attached hydrogens (tertiary/aromatic N) is 1. The van der Waals surface area contributed by atoms with Crippen molar-refractivity contribution in [3.05, 3.63) is 46.4 Å². The number of phenols is 1. The summed E-state index contributed by atoms with van der Waals surface area (Å²) in [6, 6.07) is 6.21. The van der Waals surface area contributed by atoms with Crippen molar-refractivity contribution in [2.45, 2.75) is 32.4 Å². The van der Waals surface area contributed by atoms with E-state index in [9.17, 15) is 5.11 Å². The van der Waals surface area contributed by atoms with Crippen LogP contribution in [0.2, 0.25) is 0 Å². The molecule has 2 aliphatic rings. The second-order valence-electron chi connectivity index (χ2n) is 5.94. The molecular formula is C17H19NO3. The fourth-order valence-electron chi connectivity index (χ4n) is 3.72. The molecule has 1 aromatic carbocycles. The molecule has 4 heteroatoms. The molecule has 0 bridgehead atoms. The second kappa shape index (κ2) is 4.53. The number of hydrogen-bond acceptors (Lipinski definition) is 4. The van der Waals surface area contributed by atoms with Crippen LogP contribution in [0, 0.1) is 6.92 Å². The summed E-state index contributed by atoms with van der Waals surface area (Å²) in [6.45, 7) is 3.84. The van der Waals surface area contributed by atoms with Gasteiger partial charge in [0, 0.05) is 18.7 Å². The maximum Gasteiger partial charge on any atom is 0.165 e. The van der Waals surface area contributed by atoms with Crippen LogP contribution in [-0.4, -0.2) is 23.7 Å². The van der Waals surface area contributed by atoms with E-state index in [-0.39, 0.29) is 5.75 Å². The average Bonchev–Trinajstić information content (AvgIpc) is 2.86. The fourth-order valence-corrected chi connectivity index (χ4v) is 3.72. The van der Waals surface area contributed by atoms with Gasteiger partial charge in [0.15, 0.2) is 11.5 Å². The smallest absolute Gasteiger partial charge is 0.165 e. The lowest BCUT2D eigenvalue weighted by Crippen LogP contribution is -2.39. The molecule has 1 aromatic heterocycles. The molecular weight excluding hydrogens is 266 g/mol. The number of furan rings is 1. The Balaban J connectivity index is 1.78. The summed E-state index contributed by atoms with van der Waals surface area (Å²) in [5.41, 5.74) is 3.70. The monoisotopic (exact) mass is 285 g/mol. The third-order valence-corrected chi connectivity index (χ3v) is 4.69. The van der Waals surface area contributed by atoms with E-state index >= 15 is 0 Å². The minimum Gasteiger partial charge on any atom is -0.504 e. The fraction of sp³-hybridized carbons (Fsp3) is 0.412. The van der Waals surface area contributed by atoms with Gasteiger partial charge in [-0.2, -0.15) is 0 Å². The van der Waals surface area contributed by atoms with Crippen molar-refractivity contribution < 1.29 is 14.3 Å². The number of ether oxygens (including phenoxy) is 1. The first-order valence-electron chi connectivity index (χ1n) is 7.38. The minimum absolute atomic E-state index is 0.223. The molecule has 21 heavy (non-hydrogen) atoms.